The minimum absolute atomic E-state index is 0.0272. The second-order valence-electron chi connectivity index (χ2n) is 5.46. The fourth-order valence-corrected chi connectivity index (χ4v) is 3.23. The second kappa shape index (κ2) is 7.61. The smallest absolute Gasteiger partial charge is 0.257 e. The molecule has 3 rings (SSSR count). The summed E-state index contributed by atoms with van der Waals surface area (Å²) in [6.07, 6.45) is 0. The van der Waals surface area contributed by atoms with E-state index in [1.165, 1.54) is 17.4 Å². The molecule has 0 spiro atoms. The van der Waals surface area contributed by atoms with E-state index in [0.29, 0.717) is 11.7 Å². The van der Waals surface area contributed by atoms with Gasteiger partial charge in [-0.2, -0.15) is 0 Å². The quantitative estimate of drug-likeness (QED) is 0.680. The Morgan fingerprint density at radius 1 is 1.15 bits per heavy atom. The lowest BCUT2D eigenvalue weighted by Gasteiger charge is -2.04. The van der Waals surface area contributed by atoms with Gasteiger partial charge in [0.25, 0.3) is 5.91 Å². The number of anilines is 1. The zero-order valence-electron chi connectivity index (χ0n) is 14.2. The Balaban J connectivity index is 1.79. The van der Waals surface area contributed by atoms with E-state index in [9.17, 15) is 13.6 Å². The standard InChI is InChI=1S/C19H16F2N2O2S/c1-3-25-14-7-4-12(5-8-14)17-11(2)26-19(22-17)23-18(24)13-6-9-15(20)16(21)10-13/h4-10H,3H2,1-2H3,(H,22,23,24). The predicted octanol–water partition coefficient (Wildman–Crippen LogP) is 5.05. The molecule has 3 aromatic rings. The van der Waals surface area contributed by atoms with Gasteiger partial charge in [0.15, 0.2) is 16.8 Å². The van der Waals surface area contributed by atoms with Crippen LogP contribution in [-0.2, 0) is 0 Å². The van der Waals surface area contributed by atoms with Crippen molar-refractivity contribution in [1.29, 1.82) is 0 Å². The first kappa shape index (κ1) is 18.0. The molecule has 134 valence electrons. The van der Waals surface area contributed by atoms with Crippen LogP contribution < -0.4 is 10.1 Å². The average molecular weight is 374 g/mol. The maximum atomic E-state index is 13.3. The molecular formula is C19H16F2N2O2S. The highest BCUT2D eigenvalue weighted by Crippen LogP contribution is 2.31. The third kappa shape index (κ3) is 3.88. The summed E-state index contributed by atoms with van der Waals surface area (Å²) in [5.41, 5.74) is 1.67. The molecule has 0 aliphatic carbocycles. The molecule has 4 nitrogen and oxygen atoms in total. The largest absolute Gasteiger partial charge is 0.494 e. The van der Waals surface area contributed by atoms with Crippen LogP contribution in [-0.4, -0.2) is 17.5 Å². The molecule has 2 aromatic carbocycles. The van der Waals surface area contributed by atoms with Gasteiger partial charge in [-0.3, -0.25) is 10.1 Å². The fraction of sp³-hybridized carbons (Fsp3) is 0.158. The van der Waals surface area contributed by atoms with Gasteiger partial charge < -0.3 is 4.74 Å². The maximum Gasteiger partial charge on any atom is 0.257 e. The van der Waals surface area contributed by atoms with Crippen molar-refractivity contribution in [1.82, 2.24) is 4.98 Å². The summed E-state index contributed by atoms with van der Waals surface area (Å²) >= 11 is 1.31. The lowest BCUT2D eigenvalue weighted by atomic mass is 10.1. The lowest BCUT2D eigenvalue weighted by molar-refractivity contribution is 0.102. The SMILES string of the molecule is CCOc1ccc(-c2nc(NC(=O)c3ccc(F)c(F)c3)sc2C)cc1. The molecule has 1 amide bonds. The topological polar surface area (TPSA) is 51.2 Å². The zero-order valence-corrected chi connectivity index (χ0v) is 15.0. The van der Waals surface area contributed by atoms with Crippen molar-refractivity contribution < 1.29 is 18.3 Å². The number of amides is 1. The number of nitrogens with one attached hydrogen (secondary N) is 1. The average Bonchev–Trinajstić information content (AvgIpc) is 2.98. The van der Waals surface area contributed by atoms with E-state index in [4.69, 9.17) is 4.74 Å². The number of hydrogen-bond acceptors (Lipinski definition) is 4. The Morgan fingerprint density at radius 2 is 1.88 bits per heavy atom. The van der Waals surface area contributed by atoms with Gasteiger partial charge in [0.05, 0.1) is 12.3 Å². The van der Waals surface area contributed by atoms with Crippen LogP contribution in [0.15, 0.2) is 42.5 Å². The summed E-state index contributed by atoms with van der Waals surface area (Å²) in [6.45, 7) is 4.41. The van der Waals surface area contributed by atoms with Gasteiger partial charge in [0, 0.05) is 16.0 Å². The Hall–Kier alpha value is -2.80. The van der Waals surface area contributed by atoms with Crippen LogP contribution in [0.2, 0.25) is 0 Å². The molecular weight excluding hydrogens is 358 g/mol. The molecule has 1 aromatic heterocycles. The van der Waals surface area contributed by atoms with Gasteiger partial charge in [0.1, 0.15) is 5.75 Å². The number of aryl methyl sites for hydroxylation is 1. The third-order valence-corrected chi connectivity index (χ3v) is 4.52. The van der Waals surface area contributed by atoms with Crippen LogP contribution in [0.25, 0.3) is 11.3 Å². The molecule has 0 aliphatic rings. The Bertz CT molecular complexity index is 939. The molecule has 26 heavy (non-hydrogen) atoms. The van der Waals surface area contributed by atoms with Gasteiger partial charge >= 0.3 is 0 Å². The monoisotopic (exact) mass is 374 g/mol. The van der Waals surface area contributed by atoms with E-state index in [0.717, 1.165) is 34.0 Å². The van der Waals surface area contributed by atoms with Gasteiger partial charge in [-0.25, -0.2) is 13.8 Å². The van der Waals surface area contributed by atoms with Crippen LogP contribution in [0.4, 0.5) is 13.9 Å². The van der Waals surface area contributed by atoms with E-state index < -0.39 is 17.5 Å². The molecule has 7 heteroatoms. The van der Waals surface area contributed by atoms with Crippen molar-refractivity contribution in [2.45, 2.75) is 13.8 Å². The Labute approximate surface area is 153 Å². The number of benzene rings is 2. The molecule has 0 unspecified atom stereocenters. The van der Waals surface area contributed by atoms with E-state index in [-0.39, 0.29) is 5.56 Å². The first-order chi connectivity index (χ1) is 12.5. The van der Waals surface area contributed by atoms with Crippen LogP contribution in [0, 0.1) is 18.6 Å². The highest BCUT2D eigenvalue weighted by molar-refractivity contribution is 7.16. The summed E-state index contributed by atoms with van der Waals surface area (Å²) in [5, 5.41) is 3.01. The Morgan fingerprint density at radius 3 is 2.54 bits per heavy atom. The van der Waals surface area contributed by atoms with Crippen molar-refractivity contribution in [2.75, 3.05) is 11.9 Å². The van der Waals surface area contributed by atoms with Crippen molar-refractivity contribution in [2.24, 2.45) is 0 Å². The van der Waals surface area contributed by atoms with Crippen molar-refractivity contribution in [3.63, 3.8) is 0 Å². The molecule has 0 saturated heterocycles. The second-order valence-corrected chi connectivity index (χ2v) is 6.67. The lowest BCUT2D eigenvalue weighted by Crippen LogP contribution is -2.12. The highest BCUT2D eigenvalue weighted by Gasteiger charge is 2.14. The normalized spacial score (nSPS) is 10.6. The first-order valence-electron chi connectivity index (χ1n) is 7.95. The molecule has 1 heterocycles. The summed E-state index contributed by atoms with van der Waals surface area (Å²) < 4.78 is 31.7. The summed E-state index contributed by atoms with van der Waals surface area (Å²) in [6, 6.07) is 10.5. The van der Waals surface area contributed by atoms with E-state index in [1.807, 2.05) is 38.1 Å². The van der Waals surface area contributed by atoms with Gasteiger partial charge in [-0.1, -0.05) is 0 Å². The maximum absolute atomic E-state index is 13.3. The zero-order chi connectivity index (χ0) is 18.7. The van der Waals surface area contributed by atoms with Gasteiger partial charge in [-0.15, -0.1) is 11.3 Å². The predicted molar refractivity (Wildman–Crippen MR) is 97.8 cm³/mol. The summed E-state index contributed by atoms with van der Waals surface area (Å²) in [4.78, 5) is 17.6. The molecule has 0 fully saturated rings. The molecule has 0 atom stereocenters. The number of ether oxygens (including phenoxy) is 1. The van der Waals surface area contributed by atoms with Crippen LogP contribution in [0.5, 0.6) is 5.75 Å². The number of carbonyl (C=O) groups excluding carboxylic acids is 1. The van der Waals surface area contributed by atoms with E-state index >= 15 is 0 Å². The number of rotatable bonds is 5. The number of hydrogen-bond donors (Lipinski definition) is 1. The first-order valence-corrected chi connectivity index (χ1v) is 8.76. The van der Waals surface area contributed by atoms with Crippen molar-refractivity contribution in [3.05, 3.63) is 64.5 Å². The number of aromatic nitrogens is 1. The van der Waals surface area contributed by atoms with Crippen molar-refractivity contribution >= 4 is 22.4 Å². The minimum atomic E-state index is -1.07. The fourth-order valence-electron chi connectivity index (χ4n) is 2.40. The number of carbonyl (C=O) groups is 1. The summed E-state index contributed by atoms with van der Waals surface area (Å²) in [5.74, 6) is -1.83. The highest BCUT2D eigenvalue weighted by atomic mass is 32.1. The molecule has 0 radical (unpaired) electrons. The van der Waals surface area contributed by atoms with Gasteiger partial charge in [0.2, 0.25) is 0 Å². The van der Waals surface area contributed by atoms with Crippen LogP contribution in [0.1, 0.15) is 22.2 Å². The molecule has 1 N–H and O–H groups in total. The van der Waals surface area contributed by atoms with Gasteiger partial charge in [-0.05, 0) is 56.3 Å². The number of thiazole rings is 1. The van der Waals surface area contributed by atoms with Crippen molar-refractivity contribution in [3.8, 4) is 17.0 Å². The van der Waals surface area contributed by atoms with E-state index in [1.54, 1.807) is 0 Å². The summed E-state index contributed by atoms with van der Waals surface area (Å²) in [7, 11) is 0. The Kier molecular flexibility index (Phi) is 5.27. The molecule has 0 bridgehead atoms. The number of nitrogens with zero attached hydrogens (tertiary/aromatic N) is 1. The van der Waals surface area contributed by atoms with Crippen LogP contribution in [0.3, 0.4) is 0 Å². The molecule has 0 saturated carbocycles. The third-order valence-electron chi connectivity index (χ3n) is 3.64. The van der Waals surface area contributed by atoms with E-state index in [2.05, 4.69) is 10.3 Å². The molecule has 0 aliphatic heterocycles. The minimum Gasteiger partial charge on any atom is -0.494 e. The van der Waals surface area contributed by atoms with Crippen LogP contribution >= 0.6 is 11.3 Å². The number of halogens is 2.